The van der Waals surface area contributed by atoms with Crippen LogP contribution in [0, 0.1) is 6.92 Å². The smallest absolute Gasteiger partial charge is 0.335 e. The number of amides is 2. The van der Waals surface area contributed by atoms with Gasteiger partial charge in [0.05, 0.1) is 12.1 Å². The average molecular weight is 354 g/mol. The first kappa shape index (κ1) is 19.2. The molecule has 0 saturated carbocycles. The predicted octanol–water partition coefficient (Wildman–Crippen LogP) is 2.72. The monoisotopic (exact) mass is 354 g/mol. The molecule has 6 nitrogen and oxygen atoms in total. The molecule has 26 heavy (non-hydrogen) atoms. The standard InChI is InChI=1S/C20H22N2O4/c1-14-12-17(8-9-18(14)20(25)26)21-19(24)13-22(15(2)23)11-10-16-6-4-3-5-7-16/h3-9,12H,10-11,13H2,1-2H3,(H,21,24)(H,25,26). The van der Waals surface area contributed by atoms with Crippen molar-refractivity contribution in [1.82, 2.24) is 4.90 Å². The maximum Gasteiger partial charge on any atom is 0.335 e. The third-order valence-electron chi connectivity index (χ3n) is 4.03. The number of anilines is 1. The number of nitrogens with one attached hydrogen (secondary N) is 1. The highest BCUT2D eigenvalue weighted by Crippen LogP contribution is 2.15. The molecule has 0 aliphatic carbocycles. The lowest BCUT2D eigenvalue weighted by molar-refractivity contribution is -0.132. The Bertz CT molecular complexity index is 803. The van der Waals surface area contributed by atoms with Crippen LogP contribution in [0.3, 0.4) is 0 Å². The van der Waals surface area contributed by atoms with Gasteiger partial charge in [-0.1, -0.05) is 30.3 Å². The number of carbonyl (C=O) groups excluding carboxylic acids is 2. The average Bonchev–Trinajstić information content (AvgIpc) is 2.59. The van der Waals surface area contributed by atoms with E-state index >= 15 is 0 Å². The molecule has 0 atom stereocenters. The Morgan fingerprint density at radius 3 is 2.35 bits per heavy atom. The van der Waals surface area contributed by atoms with Gasteiger partial charge in [-0.05, 0) is 42.7 Å². The molecule has 0 spiro atoms. The summed E-state index contributed by atoms with van der Waals surface area (Å²) >= 11 is 0. The summed E-state index contributed by atoms with van der Waals surface area (Å²) in [6.07, 6.45) is 0.667. The fraction of sp³-hybridized carbons (Fsp3) is 0.250. The lowest BCUT2D eigenvalue weighted by Gasteiger charge is -2.20. The van der Waals surface area contributed by atoms with E-state index in [2.05, 4.69) is 5.32 Å². The number of rotatable bonds is 7. The normalized spacial score (nSPS) is 10.2. The summed E-state index contributed by atoms with van der Waals surface area (Å²) in [4.78, 5) is 36.6. The summed E-state index contributed by atoms with van der Waals surface area (Å²) < 4.78 is 0. The Labute approximate surface area is 152 Å². The van der Waals surface area contributed by atoms with E-state index in [1.165, 1.54) is 24.0 Å². The van der Waals surface area contributed by atoms with Crippen LogP contribution < -0.4 is 5.32 Å². The molecule has 0 heterocycles. The number of aromatic carboxylic acids is 1. The van der Waals surface area contributed by atoms with E-state index < -0.39 is 5.97 Å². The second kappa shape index (κ2) is 8.80. The van der Waals surface area contributed by atoms with Gasteiger partial charge in [0.1, 0.15) is 0 Å². The van der Waals surface area contributed by atoms with E-state index in [1.54, 1.807) is 13.0 Å². The molecule has 2 aromatic carbocycles. The number of benzene rings is 2. The summed E-state index contributed by atoms with van der Waals surface area (Å²) in [6, 6.07) is 14.3. The molecule has 0 aliphatic rings. The Hall–Kier alpha value is -3.15. The van der Waals surface area contributed by atoms with Crippen molar-refractivity contribution in [3.63, 3.8) is 0 Å². The van der Waals surface area contributed by atoms with E-state index in [4.69, 9.17) is 5.11 Å². The van der Waals surface area contributed by atoms with Crippen LogP contribution in [0.15, 0.2) is 48.5 Å². The largest absolute Gasteiger partial charge is 0.478 e. The molecule has 0 saturated heterocycles. The van der Waals surface area contributed by atoms with Gasteiger partial charge in [-0.15, -0.1) is 0 Å². The van der Waals surface area contributed by atoms with Gasteiger partial charge in [0.2, 0.25) is 11.8 Å². The lowest BCUT2D eigenvalue weighted by atomic mass is 10.1. The molecule has 0 aliphatic heterocycles. The summed E-state index contributed by atoms with van der Waals surface area (Å²) in [5.74, 6) is -1.51. The molecule has 0 fully saturated rings. The van der Waals surface area contributed by atoms with Gasteiger partial charge >= 0.3 is 5.97 Å². The van der Waals surface area contributed by atoms with E-state index in [9.17, 15) is 14.4 Å². The van der Waals surface area contributed by atoms with Crippen molar-refractivity contribution in [3.05, 3.63) is 65.2 Å². The molecular formula is C20H22N2O4. The van der Waals surface area contributed by atoms with Gasteiger partial charge in [-0.2, -0.15) is 0 Å². The number of carboxylic acid groups (broad SMARTS) is 1. The van der Waals surface area contributed by atoms with Gasteiger partial charge in [0.25, 0.3) is 0 Å². The van der Waals surface area contributed by atoms with Gasteiger partial charge in [-0.25, -0.2) is 4.79 Å². The molecule has 2 aromatic rings. The highest BCUT2D eigenvalue weighted by Gasteiger charge is 2.14. The van der Waals surface area contributed by atoms with Crippen molar-refractivity contribution in [2.75, 3.05) is 18.4 Å². The number of aryl methyl sites for hydroxylation is 1. The van der Waals surface area contributed by atoms with Crippen LogP contribution in [0.4, 0.5) is 5.69 Å². The minimum Gasteiger partial charge on any atom is -0.478 e. The predicted molar refractivity (Wildman–Crippen MR) is 99.2 cm³/mol. The van der Waals surface area contributed by atoms with Gasteiger partial charge in [-0.3, -0.25) is 9.59 Å². The van der Waals surface area contributed by atoms with E-state index in [-0.39, 0.29) is 23.9 Å². The highest BCUT2D eigenvalue weighted by atomic mass is 16.4. The molecule has 0 unspecified atom stereocenters. The van der Waals surface area contributed by atoms with Crippen LogP contribution in [0.2, 0.25) is 0 Å². The second-order valence-corrected chi connectivity index (χ2v) is 6.06. The maximum absolute atomic E-state index is 12.2. The van der Waals surface area contributed by atoms with Crippen molar-refractivity contribution in [2.24, 2.45) is 0 Å². The molecule has 2 rings (SSSR count). The number of carboxylic acids is 1. The van der Waals surface area contributed by atoms with Crippen molar-refractivity contribution < 1.29 is 19.5 Å². The van der Waals surface area contributed by atoms with E-state index in [1.807, 2.05) is 30.3 Å². The lowest BCUT2D eigenvalue weighted by Crippen LogP contribution is -2.38. The van der Waals surface area contributed by atoms with Crippen LogP contribution in [0.5, 0.6) is 0 Å². The molecule has 2 N–H and O–H groups in total. The first-order valence-corrected chi connectivity index (χ1v) is 8.30. The Morgan fingerprint density at radius 1 is 1.08 bits per heavy atom. The third-order valence-corrected chi connectivity index (χ3v) is 4.03. The fourth-order valence-electron chi connectivity index (χ4n) is 2.61. The molecule has 0 radical (unpaired) electrons. The van der Waals surface area contributed by atoms with Crippen LogP contribution in [0.25, 0.3) is 0 Å². The van der Waals surface area contributed by atoms with Crippen LogP contribution >= 0.6 is 0 Å². The summed E-state index contributed by atoms with van der Waals surface area (Å²) in [7, 11) is 0. The van der Waals surface area contributed by atoms with E-state index in [0.717, 1.165) is 5.56 Å². The van der Waals surface area contributed by atoms with Crippen LogP contribution in [0.1, 0.15) is 28.4 Å². The summed E-state index contributed by atoms with van der Waals surface area (Å²) in [6.45, 7) is 3.50. The minimum absolute atomic E-state index is 0.0537. The Kier molecular flexibility index (Phi) is 6.49. The zero-order chi connectivity index (χ0) is 19.1. The first-order valence-electron chi connectivity index (χ1n) is 8.30. The Morgan fingerprint density at radius 2 is 1.77 bits per heavy atom. The number of hydrogen-bond acceptors (Lipinski definition) is 3. The zero-order valence-corrected chi connectivity index (χ0v) is 14.9. The van der Waals surface area contributed by atoms with Crippen molar-refractivity contribution >= 4 is 23.5 Å². The van der Waals surface area contributed by atoms with E-state index in [0.29, 0.717) is 24.2 Å². The zero-order valence-electron chi connectivity index (χ0n) is 14.9. The quantitative estimate of drug-likeness (QED) is 0.800. The molecule has 0 bridgehead atoms. The van der Waals surface area contributed by atoms with Crippen molar-refractivity contribution in [3.8, 4) is 0 Å². The molecule has 6 heteroatoms. The number of nitrogens with zero attached hydrogens (tertiary/aromatic N) is 1. The van der Waals surface area contributed by atoms with Crippen LogP contribution in [-0.2, 0) is 16.0 Å². The molecule has 2 amide bonds. The fourth-order valence-corrected chi connectivity index (χ4v) is 2.61. The van der Waals surface area contributed by atoms with Gasteiger partial charge < -0.3 is 15.3 Å². The second-order valence-electron chi connectivity index (χ2n) is 6.06. The molecule has 136 valence electrons. The van der Waals surface area contributed by atoms with Crippen molar-refractivity contribution in [1.29, 1.82) is 0 Å². The maximum atomic E-state index is 12.2. The molecule has 0 aromatic heterocycles. The van der Waals surface area contributed by atoms with Gasteiger partial charge in [0.15, 0.2) is 0 Å². The van der Waals surface area contributed by atoms with Crippen LogP contribution in [-0.4, -0.2) is 40.9 Å². The van der Waals surface area contributed by atoms with Crippen molar-refractivity contribution in [2.45, 2.75) is 20.3 Å². The number of hydrogen-bond donors (Lipinski definition) is 2. The topological polar surface area (TPSA) is 86.7 Å². The molecular weight excluding hydrogens is 332 g/mol. The third kappa shape index (κ3) is 5.44. The summed E-state index contributed by atoms with van der Waals surface area (Å²) in [5.41, 5.74) is 2.35. The SMILES string of the molecule is CC(=O)N(CCc1ccccc1)CC(=O)Nc1ccc(C(=O)O)c(C)c1. The van der Waals surface area contributed by atoms with Gasteiger partial charge in [0, 0.05) is 19.2 Å². The first-order chi connectivity index (χ1) is 12.4. The Balaban J connectivity index is 1.96. The number of carbonyl (C=O) groups is 3. The minimum atomic E-state index is -1.01. The summed E-state index contributed by atoms with van der Waals surface area (Å²) in [5, 5.41) is 11.7. The highest BCUT2D eigenvalue weighted by molar-refractivity contribution is 5.95.